The van der Waals surface area contributed by atoms with Crippen LogP contribution in [-0.4, -0.2) is 73.4 Å². The molecule has 0 bridgehead atoms. The molecule has 52 heavy (non-hydrogen) atoms. The number of rotatable bonds is 39. The molecule has 9 heteroatoms. The maximum Gasteiger partial charge on any atom is 0.472 e. The molecule has 308 valence electrons. The summed E-state index contributed by atoms with van der Waals surface area (Å²) in [6.07, 6.45) is 41.0. The normalized spacial score (nSPS) is 14.7. The quantitative estimate of drug-likeness (QED) is 0.0250. The van der Waals surface area contributed by atoms with Crippen molar-refractivity contribution in [2.24, 2.45) is 0 Å². The van der Waals surface area contributed by atoms with Crippen LogP contribution in [0.3, 0.4) is 0 Å². The summed E-state index contributed by atoms with van der Waals surface area (Å²) < 4.78 is 23.5. The zero-order valence-corrected chi connectivity index (χ0v) is 35.7. The number of allylic oxidation sites excluding steroid dienone is 3. The Morgan fingerprint density at radius 1 is 0.635 bits per heavy atom. The number of phosphoric ester groups is 1. The van der Waals surface area contributed by atoms with Crippen LogP contribution in [0.25, 0.3) is 0 Å². The van der Waals surface area contributed by atoms with Crippen LogP contribution in [0.1, 0.15) is 194 Å². The molecule has 0 heterocycles. The van der Waals surface area contributed by atoms with E-state index in [1.54, 1.807) is 6.08 Å². The Labute approximate surface area is 322 Å². The van der Waals surface area contributed by atoms with Crippen molar-refractivity contribution in [2.45, 2.75) is 206 Å². The third-order valence-corrected chi connectivity index (χ3v) is 10.7. The smallest absolute Gasteiger partial charge is 0.387 e. The predicted molar refractivity (Wildman–Crippen MR) is 221 cm³/mol. The summed E-state index contributed by atoms with van der Waals surface area (Å²) in [7, 11) is 1.56. The van der Waals surface area contributed by atoms with Gasteiger partial charge in [-0.3, -0.25) is 13.8 Å². The van der Waals surface area contributed by atoms with Gasteiger partial charge in [0, 0.05) is 6.42 Å². The molecular weight excluding hydrogens is 671 g/mol. The fourth-order valence-electron chi connectivity index (χ4n) is 6.17. The van der Waals surface area contributed by atoms with Crippen molar-refractivity contribution in [1.29, 1.82) is 0 Å². The summed E-state index contributed by atoms with van der Waals surface area (Å²) in [5.41, 5.74) is 0. The first-order chi connectivity index (χ1) is 25.0. The van der Waals surface area contributed by atoms with Crippen molar-refractivity contribution >= 4 is 13.7 Å². The van der Waals surface area contributed by atoms with Crippen LogP contribution in [0, 0.1) is 0 Å². The predicted octanol–water partition coefficient (Wildman–Crippen LogP) is 11.7. The monoisotopic (exact) mass is 758 g/mol. The molecule has 0 rings (SSSR count). The Kier molecular flexibility index (Phi) is 35.0. The van der Waals surface area contributed by atoms with Gasteiger partial charge in [0.2, 0.25) is 5.91 Å². The van der Waals surface area contributed by atoms with E-state index in [2.05, 4.69) is 31.3 Å². The number of unbranched alkanes of at least 4 members (excludes halogenated alkanes) is 24. The van der Waals surface area contributed by atoms with Crippen molar-refractivity contribution in [3.05, 3.63) is 24.3 Å². The number of aliphatic hydroxyl groups is 1. The van der Waals surface area contributed by atoms with Crippen LogP contribution in [0.15, 0.2) is 24.3 Å². The summed E-state index contributed by atoms with van der Waals surface area (Å²) in [6, 6.07) is -0.857. The van der Waals surface area contributed by atoms with Gasteiger partial charge in [-0.1, -0.05) is 179 Å². The van der Waals surface area contributed by atoms with Crippen molar-refractivity contribution in [3.8, 4) is 0 Å². The molecular formula is C43H86N2O6P+. The summed E-state index contributed by atoms with van der Waals surface area (Å²) >= 11 is 0. The first-order valence-corrected chi connectivity index (χ1v) is 23.2. The summed E-state index contributed by atoms with van der Waals surface area (Å²) in [5.74, 6) is -0.187. The lowest BCUT2D eigenvalue weighted by Gasteiger charge is -2.25. The summed E-state index contributed by atoms with van der Waals surface area (Å²) in [6.45, 7) is 4.79. The lowest BCUT2D eigenvalue weighted by molar-refractivity contribution is -0.870. The third kappa shape index (κ3) is 37.3. The highest BCUT2D eigenvalue weighted by Gasteiger charge is 2.27. The zero-order chi connectivity index (χ0) is 38.6. The van der Waals surface area contributed by atoms with E-state index in [-0.39, 0.29) is 19.1 Å². The highest BCUT2D eigenvalue weighted by molar-refractivity contribution is 7.47. The van der Waals surface area contributed by atoms with Crippen LogP contribution in [0.2, 0.25) is 0 Å². The Morgan fingerprint density at radius 2 is 1.06 bits per heavy atom. The van der Waals surface area contributed by atoms with Crippen molar-refractivity contribution < 1.29 is 32.9 Å². The molecule has 3 N–H and O–H groups in total. The van der Waals surface area contributed by atoms with E-state index in [0.29, 0.717) is 17.4 Å². The number of hydrogen-bond donors (Lipinski definition) is 3. The number of phosphoric acid groups is 1. The van der Waals surface area contributed by atoms with Crippen LogP contribution in [0.5, 0.6) is 0 Å². The number of nitrogens with zero attached hydrogens (tertiary/aromatic N) is 1. The van der Waals surface area contributed by atoms with Gasteiger partial charge in [0.1, 0.15) is 13.2 Å². The van der Waals surface area contributed by atoms with Crippen LogP contribution in [-0.2, 0) is 18.4 Å². The molecule has 0 aliphatic heterocycles. The zero-order valence-electron chi connectivity index (χ0n) is 34.8. The van der Waals surface area contributed by atoms with Gasteiger partial charge in [-0.2, -0.15) is 0 Å². The highest BCUT2D eigenvalue weighted by Crippen LogP contribution is 2.43. The fourth-order valence-corrected chi connectivity index (χ4v) is 6.91. The van der Waals surface area contributed by atoms with E-state index in [4.69, 9.17) is 9.05 Å². The molecule has 0 saturated heterocycles. The number of carbonyl (C=O) groups excluding carboxylic acids is 1. The number of quaternary nitrogens is 1. The molecule has 0 fully saturated rings. The second kappa shape index (κ2) is 35.7. The van der Waals surface area contributed by atoms with E-state index in [1.165, 1.54) is 135 Å². The summed E-state index contributed by atoms with van der Waals surface area (Å²) in [5, 5.41) is 13.8. The first kappa shape index (κ1) is 51.0. The number of amides is 1. The molecule has 3 atom stereocenters. The molecule has 0 aromatic heterocycles. The van der Waals surface area contributed by atoms with Gasteiger partial charge < -0.3 is 19.8 Å². The molecule has 8 nitrogen and oxygen atoms in total. The van der Waals surface area contributed by atoms with Gasteiger partial charge in [-0.15, -0.1) is 0 Å². The van der Waals surface area contributed by atoms with Crippen molar-refractivity contribution in [2.75, 3.05) is 40.9 Å². The number of carbonyl (C=O) groups is 1. The van der Waals surface area contributed by atoms with Gasteiger partial charge >= 0.3 is 7.82 Å². The standard InChI is InChI=1S/C43H85N2O6P/c1-6-8-10-12-14-16-18-20-21-22-23-25-26-28-30-32-34-36-42(46)41(40-51-52(48,49)50-39-38-45(3,4)5)44-43(47)37-35-33-31-29-27-24-19-17-15-13-11-9-7-2/h26,28,34,36,41-42,46H,6-25,27,29-33,35,37-40H2,1-5H3,(H-,44,47,48,49)/p+1/b28-26+,36-34+/t41-,42+/m0/s1. The Morgan fingerprint density at radius 3 is 1.54 bits per heavy atom. The number of likely N-dealkylation sites (N-methyl/N-ethyl adjacent to an activating group) is 1. The lowest BCUT2D eigenvalue weighted by atomic mass is 10.0. The van der Waals surface area contributed by atoms with Gasteiger partial charge in [-0.25, -0.2) is 4.57 Å². The minimum atomic E-state index is -4.34. The molecule has 0 aliphatic carbocycles. The summed E-state index contributed by atoms with van der Waals surface area (Å²) in [4.78, 5) is 23.1. The fraction of sp³-hybridized carbons (Fsp3) is 0.884. The SMILES string of the molecule is CCCCCCCCCCCCC/C=C/CC/C=C/[C@@H](O)[C@H](COP(=O)(O)OCC[N+](C)(C)C)NC(=O)CCCCCCCCCCCCCCC. The van der Waals surface area contributed by atoms with E-state index in [1.807, 2.05) is 27.2 Å². The Balaban J connectivity index is 4.49. The van der Waals surface area contributed by atoms with Gasteiger partial charge in [0.15, 0.2) is 0 Å². The van der Waals surface area contributed by atoms with Gasteiger partial charge in [-0.05, 0) is 32.1 Å². The highest BCUT2D eigenvalue weighted by atomic mass is 31.2. The Hall–Kier alpha value is -1.02. The third-order valence-electron chi connectivity index (χ3n) is 9.67. The topological polar surface area (TPSA) is 105 Å². The maximum absolute atomic E-state index is 12.8. The average molecular weight is 758 g/mol. The second-order valence-electron chi connectivity index (χ2n) is 16.1. The van der Waals surface area contributed by atoms with Crippen molar-refractivity contribution in [3.63, 3.8) is 0 Å². The van der Waals surface area contributed by atoms with Gasteiger partial charge in [0.05, 0.1) is 39.9 Å². The molecule has 1 unspecified atom stereocenters. The maximum atomic E-state index is 12.8. The van der Waals surface area contributed by atoms with Crippen LogP contribution < -0.4 is 5.32 Å². The van der Waals surface area contributed by atoms with E-state index < -0.39 is 20.0 Å². The van der Waals surface area contributed by atoms with Gasteiger partial charge in [0.25, 0.3) is 0 Å². The first-order valence-electron chi connectivity index (χ1n) is 21.7. The Bertz CT molecular complexity index is 907. The minimum Gasteiger partial charge on any atom is -0.387 e. The number of aliphatic hydroxyl groups excluding tert-OH is 1. The van der Waals surface area contributed by atoms with Crippen molar-refractivity contribution in [1.82, 2.24) is 5.32 Å². The van der Waals surface area contributed by atoms with E-state index >= 15 is 0 Å². The molecule has 1 amide bonds. The largest absolute Gasteiger partial charge is 0.472 e. The molecule has 0 radical (unpaired) electrons. The van der Waals surface area contributed by atoms with E-state index in [0.717, 1.165) is 38.5 Å². The van der Waals surface area contributed by atoms with E-state index in [9.17, 15) is 19.4 Å². The second-order valence-corrected chi connectivity index (χ2v) is 17.5. The number of hydrogen-bond acceptors (Lipinski definition) is 5. The molecule has 0 spiro atoms. The molecule has 0 saturated carbocycles. The number of nitrogens with one attached hydrogen (secondary N) is 1. The van der Waals surface area contributed by atoms with Crippen LogP contribution in [0.4, 0.5) is 0 Å². The lowest BCUT2D eigenvalue weighted by Crippen LogP contribution is -2.45. The molecule has 0 aliphatic rings. The minimum absolute atomic E-state index is 0.0581. The molecule has 0 aromatic rings. The van der Waals surface area contributed by atoms with Crippen LogP contribution >= 0.6 is 7.82 Å². The molecule has 0 aromatic carbocycles. The average Bonchev–Trinajstić information content (AvgIpc) is 3.09.